The fourth-order valence-corrected chi connectivity index (χ4v) is 3.83. The van der Waals surface area contributed by atoms with E-state index in [2.05, 4.69) is 44.8 Å². The van der Waals surface area contributed by atoms with Gasteiger partial charge in [0.15, 0.2) is 0 Å². The summed E-state index contributed by atoms with van der Waals surface area (Å²) in [4.78, 5) is 2.75. The van der Waals surface area contributed by atoms with Crippen LogP contribution in [0.25, 0.3) is 0 Å². The van der Waals surface area contributed by atoms with Gasteiger partial charge < -0.3 is 5.32 Å². The Balaban J connectivity index is 2.77. The van der Waals surface area contributed by atoms with Crippen LogP contribution in [0.5, 0.6) is 0 Å². The molecule has 1 rings (SSSR count). The Morgan fingerprint density at radius 1 is 1.05 bits per heavy atom. The van der Waals surface area contributed by atoms with Gasteiger partial charge in [-0.25, -0.2) is 0 Å². The first-order chi connectivity index (χ1) is 9.04. The Morgan fingerprint density at radius 2 is 1.63 bits per heavy atom. The second kappa shape index (κ2) is 8.26. The van der Waals surface area contributed by atoms with Crippen LogP contribution in [0, 0.1) is 5.92 Å². The van der Waals surface area contributed by atoms with Crippen LogP contribution in [-0.4, -0.2) is 36.1 Å². The van der Waals surface area contributed by atoms with E-state index in [4.69, 9.17) is 0 Å². The van der Waals surface area contributed by atoms with E-state index in [9.17, 15) is 0 Å². The van der Waals surface area contributed by atoms with Crippen molar-refractivity contribution in [2.75, 3.05) is 19.6 Å². The highest BCUT2D eigenvalue weighted by Crippen LogP contribution is 2.29. The van der Waals surface area contributed by atoms with Crippen molar-refractivity contribution in [2.24, 2.45) is 5.92 Å². The fourth-order valence-electron chi connectivity index (χ4n) is 3.83. The lowest BCUT2D eigenvalue weighted by Gasteiger charge is -2.46. The molecule has 1 N–H and O–H groups in total. The van der Waals surface area contributed by atoms with E-state index in [-0.39, 0.29) is 5.54 Å². The lowest BCUT2D eigenvalue weighted by atomic mass is 9.81. The van der Waals surface area contributed by atoms with Crippen LogP contribution >= 0.6 is 0 Å². The van der Waals surface area contributed by atoms with Gasteiger partial charge in [-0.3, -0.25) is 4.90 Å². The van der Waals surface area contributed by atoms with Crippen molar-refractivity contribution >= 4 is 0 Å². The van der Waals surface area contributed by atoms with E-state index in [0.717, 1.165) is 12.5 Å². The van der Waals surface area contributed by atoms with Crippen LogP contribution in [0.2, 0.25) is 0 Å². The molecule has 0 amide bonds. The molecule has 19 heavy (non-hydrogen) atoms. The molecule has 2 unspecified atom stereocenters. The Morgan fingerprint density at radius 3 is 2.11 bits per heavy atom. The number of hydrogen-bond donors (Lipinski definition) is 1. The molecule has 1 saturated heterocycles. The second-order valence-electron chi connectivity index (χ2n) is 6.86. The number of nitrogens with one attached hydrogen (secondary N) is 1. The third kappa shape index (κ3) is 4.75. The normalized spacial score (nSPS) is 21.9. The van der Waals surface area contributed by atoms with Crippen LogP contribution in [0.3, 0.4) is 0 Å². The smallest absolute Gasteiger partial charge is 0.0308 e. The zero-order valence-corrected chi connectivity index (χ0v) is 14.0. The average molecular weight is 268 g/mol. The van der Waals surface area contributed by atoms with E-state index < -0.39 is 0 Å². The first-order valence-electron chi connectivity index (χ1n) is 8.52. The van der Waals surface area contributed by atoms with Gasteiger partial charge in [0.05, 0.1) is 0 Å². The molecular weight excluding hydrogens is 232 g/mol. The quantitative estimate of drug-likeness (QED) is 0.749. The van der Waals surface area contributed by atoms with Crippen molar-refractivity contribution in [1.29, 1.82) is 0 Å². The Labute approximate surface area is 121 Å². The van der Waals surface area contributed by atoms with Gasteiger partial charge >= 0.3 is 0 Å². The number of likely N-dealkylation sites (N-methyl/N-ethyl adjacent to an activating group) is 1. The molecule has 1 aliphatic rings. The molecule has 0 aromatic heterocycles. The standard InChI is InChI=1S/C17H36N2/c1-6-12-15(3)16(18-7-2)17(4,5)19-13-10-8-9-11-14-19/h15-16,18H,6-14H2,1-5H3. The van der Waals surface area contributed by atoms with Gasteiger partial charge in [0, 0.05) is 11.6 Å². The first-order valence-corrected chi connectivity index (χ1v) is 8.52. The van der Waals surface area contributed by atoms with Crippen LogP contribution in [0.15, 0.2) is 0 Å². The van der Waals surface area contributed by atoms with Crippen LogP contribution in [-0.2, 0) is 0 Å². The monoisotopic (exact) mass is 268 g/mol. The number of rotatable bonds is 7. The molecule has 2 heteroatoms. The highest BCUT2D eigenvalue weighted by atomic mass is 15.2. The average Bonchev–Trinajstić information content (AvgIpc) is 2.65. The van der Waals surface area contributed by atoms with Gasteiger partial charge in [-0.15, -0.1) is 0 Å². The van der Waals surface area contributed by atoms with Gasteiger partial charge in [-0.1, -0.05) is 40.0 Å². The molecule has 1 heterocycles. The molecule has 1 aliphatic heterocycles. The summed E-state index contributed by atoms with van der Waals surface area (Å²) in [7, 11) is 0. The summed E-state index contributed by atoms with van der Waals surface area (Å²) in [6, 6.07) is 0.607. The zero-order chi connectivity index (χ0) is 14.3. The second-order valence-corrected chi connectivity index (χ2v) is 6.86. The van der Waals surface area contributed by atoms with Crippen molar-refractivity contribution in [2.45, 2.75) is 84.7 Å². The minimum Gasteiger partial charge on any atom is -0.312 e. The molecule has 2 nitrogen and oxygen atoms in total. The lowest BCUT2D eigenvalue weighted by Crippen LogP contribution is -2.60. The molecule has 114 valence electrons. The van der Waals surface area contributed by atoms with Crippen LogP contribution in [0.4, 0.5) is 0 Å². The van der Waals surface area contributed by atoms with Gasteiger partial charge in [0.1, 0.15) is 0 Å². The molecular formula is C17H36N2. The molecule has 0 bridgehead atoms. The maximum Gasteiger partial charge on any atom is 0.0308 e. The van der Waals surface area contributed by atoms with E-state index in [1.165, 1.54) is 51.6 Å². The van der Waals surface area contributed by atoms with Crippen molar-refractivity contribution < 1.29 is 0 Å². The predicted octanol–water partition coefficient (Wildman–Crippen LogP) is 4.06. The van der Waals surface area contributed by atoms with E-state index in [1.807, 2.05) is 0 Å². The zero-order valence-electron chi connectivity index (χ0n) is 14.0. The minimum atomic E-state index is 0.273. The maximum absolute atomic E-state index is 3.78. The summed E-state index contributed by atoms with van der Waals surface area (Å²) in [6.45, 7) is 15.5. The highest BCUT2D eigenvalue weighted by molar-refractivity contribution is 4.96. The van der Waals surface area contributed by atoms with E-state index in [0.29, 0.717) is 6.04 Å². The minimum absolute atomic E-state index is 0.273. The summed E-state index contributed by atoms with van der Waals surface area (Å²) in [5.41, 5.74) is 0.273. The number of hydrogen-bond acceptors (Lipinski definition) is 2. The molecule has 0 aromatic carbocycles. The largest absolute Gasteiger partial charge is 0.312 e. The molecule has 0 radical (unpaired) electrons. The fraction of sp³-hybridized carbons (Fsp3) is 1.00. The lowest BCUT2D eigenvalue weighted by molar-refractivity contribution is 0.0605. The molecule has 1 fully saturated rings. The van der Waals surface area contributed by atoms with Gasteiger partial charge in [-0.2, -0.15) is 0 Å². The van der Waals surface area contributed by atoms with Crippen molar-refractivity contribution in [3.05, 3.63) is 0 Å². The molecule has 0 spiro atoms. The Kier molecular flexibility index (Phi) is 7.38. The molecule has 0 aliphatic carbocycles. The van der Waals surface area contributed by atoms with Crippen molar-refractivity contribution in [3.63, 3.8) is 0 Å². The van der Waals surface area contributed by atoms with Crippen LogP contribution < -0.4 is 5.32 Å². The number of nitrogens with zero attached hydrogens (tertiary/aromatic N) is 1. The van der Waals surface area contributed by atoms with Crippen LogP contribution in [0.1, 0.15) is 73.1 Å². The molecule has 0 saturated carbocycles. The van der Waals surface area contributed by atoms with E-state index in [1.54, 1.807) is 0 Å². The summed E-state index contributed by atoms with van der Waals surface area (Å²) in [5, 5.41) is 3.78. The third-order valence-electron chi connectivity index (χ3n) is 4.92. The summed E-state index contributed by atoms with van der Waals surface area (Å²) >= 11 is 0. The summed E-state index contributed by atoms with van der Waals surface area (Å²) in [6.07, 6.45) is 8.22. The van der Waals surface area contributed by atoms with Gasteiger partial charge in [0.25, 0.3) is 0 Å². The van der Waals surface area contributed by atoms with Gasteiger partial charge in [0.2, 0.25) is 0 Å². The number of likely N-dealkylation sites (tertiary alicyclic amines) is 1. The predicted molar refractivity (Wildman–Crippen MR) is 85.7 cm³/mol. The topological polar surface area (TPSA) is 15.3 Å². The SMILES string of the molecule is CCCC(C)C(NCC)C(C)(C)N1CCCCCC1. The maximum atomic E-state index is 3.78. The highest BCUT2D eigenvalue weighted by Gasteiger charge is 2.37. The Hall–Kier alpha value is -0.0800. The van der Waals surface area contributed by atoms with Crippen molar-refractivity contribution in [1.82, 2.24) is 10.2 Å². The molecule has 2 atom stereocenters. The first kappa shape index (κ1) is 17.0. The summed E-state index contributed by atoms with van der Waals surface area (Å²) in [5.74, 6) is 0.753. The van der Waals surface area contributed by atoms with Crippen molar-refractivity contribution in [3.8, 4) is 0 Å². The summed E-state index contributed by atoms with van der Waals surface area (Å²) < 4.78 is 0. The van der Waals surface area contributed by atoms with Gasteiger partial charge in [-0.05, 0) is 58.7 Å². The van der Waals surface area contributed by atoms with E-state index >= 15 is 0 Å². The molecule has 0 aromatic rings. The Bertz CT molecular complexity index is 229. The third-order valence-corrected chi connectivity index (χ3v) is 4.92.